The van der Waals surface area contributed by atoms with Gasteiger partial charge in [0.25, 0.3) is 0 Å². The van der Waals surface area contributed by atoms with Crippen LogP contribution in [0.25, 0.3) is 0 Å². The molecule has 0 saturated carbocycles. The Morgan fingerprint density at radius 1 is 1.33 bits per heavy atom. The fourth-order valence-electron chi connectivity index (χ4n) is 0.926. The van der Waals surface area contributed by atoms with E-state index in [-0.39, 0.29) is 12.3 Å². The maximum Gasteiger partial charge on any atom is 0.414 e. The first-order chi connectivity index (χ1) is 5.30. The third-order valence-electron chi connectivity index (χ3n) is 1.41. The third kappa shape index (κ3) is 2.53. The smallest absolute Gasteiger partial charge is 0.414 e. The predicted molar refractivity (Wildman–Crippen MR) is 44.9 cm³/mol. The molecular formula is C8H15NO3. The summed E-state index contributed by atoms with van der Waals surface area (Å²) in [5, 5.41) is 8.72. The zero-order chi connectivity index (χ0) is 9.94. The Morgan fingerprint density at radius 3 is 1.83 bits per heavy atom. The standard InChI is InChI=1S/C8H15NO3/c1-5-6(10)9(7(11)12)8(2,3)4/h5H2,1-4H3,(H,11,12). The highest BCUT2D eigenvalue weighted by molar-refractivity contribution is 5.91. The Kier molecular flexibility index (Phi) is 3.24. The SMILES string of the molecule is CCC(=O)N(C(=O)O)C(C)(C)C. The molecule has 0 aromatic rings. The van der Waals surface area contributed by atoms with Crippen LogP contribution in [-0.2, 0) is 4.79 Å². The highest BCUT2D eigenvalue weighted by Crippen LogP contribution is 2.14. The number of hydrogen-bond donors (Lipinski definition) is 1. The monoisotopic (exact) mass is 173 g/mol. The lowest BCUT2D eigenvalue weighted by Gasteiger charge is -2.30. The molecule has 1 N–H and O–H groups in total. The van der Waals surface area contributed by atoms with Gasteiger partial charge >= 0.3 is 6.09 Å². The highest BCUT2D eigenvalue weighted by Gasteiger charge is 2.30. The molecular weight excluding hydrogens is 158 g/mol. The molecule has 0 aliphatic carbocycles. The van der Waals surface area contributed by atoms with Crippen LogP contribution >= 0.6 is 0 Å². The summed E-state index contributed by atoms with van der Waals surface area (Å²) in [7, 11) is 0. The lowest BCUT2D eigenvalue weighted by molar-refractivity contribution is -0.132. The Balaban J connectivity index is 4.68. The lowest BCUT2D eigenvalue weighted by Crippen LogP contribution is -2.48. The van der Waals surface area contributed by atoms with Gasteiger partial charge in [-0.25, -0.2) is 9.69 Å². The van der Waals surface area contributed by atoms with Crippen molar-refractivity contribution >= 4 is 12.0 Å². The highest BCUT2D eigenvalue weighted by atomic mass is 16.4. The molecule has 0 atom stereocenters. The second-order valence-corrected chi connectivity index (χ2v) is 3.54. The molecule has 0 saturated heterocycles. The minimum atomic E-state index is -1.19. The van der Waals surface area contributed by atoms with Crippen molar-refractivity contribution in [2.24, 2.45) is 0 Å². The summed E-state index contributed by atoms with van der Waals surface area (Å²) in [6, 6.07) is 0. The van der Waals surface area contributed by atoms with Gasteiger partial charge in [0.05, 0.1) is 0 Å². The summed E-state index contributed by atoms with van der Waals surface area (Å²) in [5.41, 5.74) is -0.654. The van der Waals surface area contributed by atoms with E-state index in [0.717, 1.165) is 4.90 Å². The first-order valence-corrected chi connectivity index (χ1v) is 3.86. The minimum absolute atomic E-state index is 0.212. The van der Waals surface area contributed by atoms with Crippen LogP contribution in [-0.4, -0.2) is 27.5 Å². The fourth-order valence-corrected chi connectivity index (χ4v) is 0.926. The Bertz CT molecular complexity index is 193. The lowest BCUT2D eigenvalue weighted by atomic mass is 10.1. The van der Waals surface area contributed by atoms with Gasteiger partial charge in [-0.05, 0) is 20.8 Å². The zero-order valence-corrected chi connectivity index (χ0v) is 7.92. The van der Waals surface area contributed by atoms with E-state index in [1.165, 1.54) is 0 Å². The zero-order valence-electron chi connectivity index (χ0n) is 7.92. The number of hydrogen-bond acceptors (Lipinski definition) is 2. The molecule has 70 valence electrons. The summed E-state index contributed by atoms with van der Waals surface area (Å²) in [4.78, 5) is 22.7. The van der Waals surface area contributed by atoms with Gasteiger partial charge in [-0.3, -0.25) is 4.79 Å². The van der Waals surface area contributed by atoms with E-state index in [9.17, 15) is 9.59 Å². The molecule has 0 bridgehead atoms. The molecule has 0 aliphatic heterocycles. The van der Waals surface area contributed by atoms with E-state index in [4.69, 9.17) is 5.11 Å². The van der Waals surface area contributed by atoms with Crippen molar-refractivity contribution in [1.82, 2.24) is 4.90 Å². The van der Waals surface area contributed by atoms with E-state index >= 15 is 0 Å². The van der Waals surface area contributed by atoms with Crippen LogP contribution in [0.15, 0.2) is 0 Å². The number of carboxylic acid groups (broad SMARTS) is 1. The third-order valence-corrected chi connectivity index (χ3v) is 1.41. The number of amides is 2. The molecule has 0 aliphatic rings. The van der Waals surface area contributed by atoms with Crippen molar-refractivity contribution in [2.75, 3.05) is 0 Å². The molecule has 12 heavy (non-hydrogen) atoms. The van der Waals surface area contributed by atoms with Gasteiger partial charge in [-0.2, -0.15) is 0 Å². The van der Waals surface area contributed by atoms with E-state index < -0.39 is 11.6 Å². The van der Waals surface area contributed by atoms with Gasteiger partial charge in [0.1, 0.15) is 0 Å². The van der Waals surface area contributed by atoms with E-state index in [2.05, 4.69) is 0 Å². The van der Waals surface area contributed by atoms with Crippen LogP contribution in [0.3, 0.4) is 0 Å². The maximum atomic E-state index is 11.1. The van der Waals surface area contributed by atoms with Gasteiger partial charge < -0.3 is 5.11 Å². The molecule has 0 fully saturated rings. The number of rotatable bonds is 1. The summed E-state index contributed by atoms with van der Waals surface area (Å²) in [6.07, 6.45) is -0.974. The van der Waals surface area contributed by atoms with Gasteiger partial charge in [-0.15, -0.1) is 0 Å². The Hall–Kier alpha value is -1.06. The van der Waals surface area contributed by atoms with Crippen LogP contribution in [0.2, 0.25) is 0 Å². The van der Waals surface area contributed by atoms with Crippen LogP contribution in [0.1, 0.15) is 34.1 Å². The fraction of sp³-hybridized carbons (Fsp3) is 0.750. The summed E-state index contributed by atoms with van der Waals surface area (Å²) < 4.78 is 0. The Morgan fingerprint density at radius 2 is 1.75 bits per heavy atom. The van der Waals surface area contributed by atoms with Crippen molar-refractivity contribution in [3.8, 4) is 0 Å². The molecule has 0 rings (SSSR count). The van der Waals surface area contributed by atoms with Crippen LogP contribution in [0.5, 0.6) is 0 Å². The minimum Gasteiger partial charge on any atom is -0.465 e. The number of imide groups is 1. The molecule has 0 unspecified atom stereocenters. The summed E-state index contributed by atoms with van der Waals surface area (Å²) in [5.74, 6) is -0.366. The second kappa shape index (κ2) is 3.56. The topological polar surface area (TPSA) is 57.6 Å². The normalized spacial score (nSPS) is 11.0. The van der Waals surface area contributed by atoms with Crippen molar-refractivity contribution in [2.45, 2.75) is 39.7 Å². The number of carbonyl (C=O) groups is 2. The molecule has 0 heterocycles. The molecule has 4 heteroatoms. The van der Waals surface area contributed by atoms with E-state index in [0.29, 0.717) is 0 Å². The van der Waals surface area contributed by atoms with E-state index in [1.54, 1.807) is 27.7 Å². The van der Waals surface area contributed by atoms with Crippen LogP contribution in [0.4, 0.5) is 4.79 Å². The average Bonchev–Trinajstić information content (AvgIpc) is 1.83. The van der Waals surface area contributed by atoms with Gasteiger partial charge in [0.2, 0.25) is 5.91 Å². The summed E-state index contributed by atoms with van der Waals surface area (Å²) >= 11 is 0. The van der Waals surface area contributed by atoms with E-state index in [1.807, 2.05) is 0 Å². The quantitative estimate of drug-likeness (QED) is 0.656. The van der Waals surface area contributed by atoms with Crippen molar-refractivity contribution in [3.05, 3.63) is 0 Å². The first kappa shape index (κ1) is 10.9. The van der Waals surface area contributed by atoms with Crippen molar-refractivity contribution < 1.29 is 14.7 Å². The van der Waals surface area contributed by atoms with Crippen molar-refractivity contribution in [3.63, 3.8) is 0 Å². The van der Waals surface area contributed by atoms with Gasteiger partial charge in [0, 0.05) is 12.0 Å². The second-order valence-electron chi connectivity index (χ2n) is 3.54. The average molecular weight is 173 g/mol. The summed E-state index contributed by atoms with van der Waals surface area (Å²) in [6.45, 7) is 6.71. The maximum absolute atomic E-state index is 11.1. The number of carbonyl (C=O) groups excluding carboxylic acids is 1. The molecule has 4 nitrogen and oxygen atoms in total. The molecule has 2 amide bonds. The predicted octanol–water partition coefficient (Wildman–Crippen LogP) is 1.70. The van der Waals surface area contributed by atoms with Crippen LogP contribution in [0, 0.1) is 0 Å². The molecule has 0 radical (unpaired) electrons. The largest absolute Gasteiger partial charge is 0.465 e. The first-order valence-electron chi connectivity index (χ1n) is 3.86. The molecule has 0 aromatic carbocycles. The Labute approximate surface area is 72.2 Å². The molecule has 0 spiro atoms. The van der Waals surface area contributed by atoms with Gasteiger partial charge in [0.15, 0.2) is 0 Å². The van der Waals surface area contributed by atoms with Gasteiger partial charge in [-0.1, -0.05) is 6.92 Å². The van der Waals surface area contributed by atoms with Crippen LogP contribution < -0.4 is 0 Å². The number of nitrogens with zero attached hydrogens (tertiary/aromatic N) is 1. The molecule has 0 aromatic heterocycles. The van der Waals surface area contributed by atoms with Crippen molar-refractivity contribution in [1.29, 1.82) is 0 Å².